The second kappa shape index (κ2) is 10.6. The van der Waals surface area contributed by atoms with Crippen LogP contribution in [-0.4, -0.2) is 29.9 Å². The van der Waals surface area contributed by atoms with Crippen LogP contribution in [-0.2, 0) is 20.4 Å². The average molecular weight is 583 g/mol. The molecule has 3 aromatic rings. The lowest BCUT2D eigenvalue weighted by Crippen LogP contribution is -2.40. The maximum atomic E-state index is 14.1. The van der Waals surface area contributed by atoms with Crippen LogP contribution in [0.3, 0.4) is 0 Å². The van der Waals surface area contributed by atoms with Gasteiger partial charge in [-0.1, -0.05) is 64.5 Å². The van der Waals surface area contributed by atoms with E-state index in [1.54, 1.807) is 25.1 Å². The van der Waals surface area contributed by atoms with E-state index >= 15 is 0 Å². The number of phenols is 1. The minimum absolute atomic E-state index is 0.233. The molecule has 1 atom stereocenters. The highest BCUT2D eigenvalue weighted by atomic mass is 35.5. The molecule has 212 valence electrons. The van der Waals surface area contributed by atoms with Crippen molar-refractivity contribution < 1.29 is 19.4 Å². The van der Waals surface area contributed by atoms with Crippen LogP contribution in [0.4, 0.5) is 0 Å². The van der Waals surface area contributed by atoms with E-state index in [-0.39, 0.29) is 27.7 Å². The van der Waals surface area contributed by atoms with Crippen molar-refractivity contribution in [1.82, 2.24) is 4.57 Å². The third-order valence-electron chi connectivity index (χ3n) is 6.96. The highest BCUT2D eigenvalue weighted by Gasteiger charge is 2.35. The van der Waals surface area contributed by atoms with E-state index in [1.165, 1.54) is 30.1 Å². The first-order valence-electron chi connectivity index (χ1n) is 12.9. The van der Waals surface area contributed by atoms with Gasteiger partial charge >= 0.3 is 5.97 Å². The van der Waals surface area contributed by atoms with Gasteiger partial charge in [0.05, 0.1) is 30.0 Å². The fourth-order valence-corrected chi connectivity index (χ4v) is 6.17. The zero-order valence-electron chi connectivity index (χ0n) is 24.3. The highest BCUT2D eigenvalue weighted by molar-refractivity contribution is 7.07. The van der Waals surface area contributed by atoms with Crippen molar-refractivity contribution in [3.8, 4) is 11.5 Å². The first-order valence-corrected chi connectivity index (χ1v) is 14.1. The number of phenolic OH excluding ortho intramolecular Hbond substituents is 1. The second-order valence-corrected chi connectivity index (χ2v) is 13.4. The van der Waals surface area contributed by atoms with E-state index in [9.17, 15) is 14.7 Å². The van der Waals surface area contributed by atoms with Gasteiger partial charge in [0.15, 0.2) is 4.80 Å². The van der Waals surface area contributed by atoms with Gasteiger partial charge in [-0.15, -0.1) is 0 Å². The van der Waals surface area contributed by atoms with Crippen molar-refractivity contribution in [2.45, 2.75) is 65.3 Å². The van der Waals surface area contributed by atoms with E-state index in [0.717, 1.165) is 16.7 Å². The van der Waals surface area contributed by atoms with E-state index in [0.29, 0.717) is 31.4 Å². The molecular formula is C31H35ClN2O5S. The van der Waals surface area contributed by atoms with Crippen molar-refractivity contribution >= 4 is 35.0 Å². The van der Waals surface area contributed by atoms with Crippen LogP contribution in [0.2, 0.25) is 5.02 Å². The van der Waals surface area contributed by atoms with Crippen LogP contribution in [0.25, 0.3) is 6.08 Å². The van der Waals surface area contributed by atoms with Crippen LogP contribution in [0, 0.1) is 0 Å². The van der Waals surface area contributed by atoms with Crippen molar-refractivity contribution in [2.24, 2.45) is 4.99 Å². The molecule has 1 aliphatic rings. The van der Waals surface area contributed by atoms with E-state index in [1.807, 2.05) is 59.8 Å². The van der Waals surface area contributed by atoms with Crippen LogP contribution >= 0.6 is 22.9 Å². The number of hydrogen-bond donors (Lipinski definition) is 1. The van der Waals surface area contributed by atoms with Crippen molar-refractivity contribution in [2.75, 3.05) is 14.2 Å². The zero-order valence-corrected chi connectivity index (χ0v) is 25.9. The summed E-state index contributed by atoms with van der Waals surface area (Å²) in [4.78, 5) is 32.1. The van der Waals surface area contributed by atoms with Crippen molar-refractivity contribution in [3.63, 3.8) is 0 Å². The van der Waals surface area contributed by atoms with Crippen LogP contribution < -0.4 is 19.6 Å². The Balaban J connectivity index is 2.05. The maximum absolute atomic E-state index is 14.1. The number of thiazole rings is 1. The lowest BCUT2D eigenvalue weighted by Gasteiger charge is -2.27. The van der Waals surface area contributed by atoms with Crippen molar-refractivity contribution in [3.05, 3.63) is 88.6 Å². The van der Waals surface area contributed by atoms with Gasteiger partial charge in [-0.05, 0) is 59.7 Å². The molecule has 1 N–H and O–H groups in total. The van der Waals surface area contributed by atoms with Gasteiger partial charge in [0.25, 0.3) is 5.56 Å². The summed E-state index contributed by atoms with van der Waals surface area (Å²) >= 11 is 7.60. The topological polar surface area (TPSA) is 90.1 Å². The molecule has 0 unspecified atom stereocenters. The van der Waals surface area contributed by atoms with Crippen molar-refractivity contribution in [1.29, 1.82) is 0 Å². The Morgan fingerprint density at radius 2 is 1.68 bits per heavy atom. The first-order chi connectivity index (χ1) is 18.6. The minimum atomic E-state index is -0.852. The molecular weight excluding hydrogens is 548 g/mol. The third-order valence-corrected chi connectivity index (χ3v) is 8.18. The number of fused-ring (bicyclic) bond motifs is 1. The Morgan fingerprint density at radius 1 is 1.07 bits per heavy atom. The molecule has 40 heavy (non-hydrogen) atoms. The van der Waals surface area contributed by atoms with Crippen LogP contribution in [0.15, 0.2) is 51.4 Å². The number of nitrogens with zero attached hydrogens (tertiary/aromatic N) is 2. The molecule has 0 bridgehead atoms. The number of carbonyl (C=O) groups excluding carboxylic acids is 1. The molecule has 0 radical (unpaired) electrons. The Hall–Kier alpha value is -3.36. The molecule has 0 amide bonds. The fourth-order valence-electron chi connectivity index (χ4n) is 4.94. The maximum Gasteiger partial charge on any atom is 0.338 e. The SMILES string of the molecule is COC(=O)C1=C(C)N=c2s/c(=C\c3cc(C(C)(C)C)c(O)c(C(C)(C)C)c3)c(=O)n2[C@H]1c1cc(Cl)ccc1OC. The van der Waals surface area contributed by atoms with Gasteiger partial charge in [0.1, 0.15) is 17.5 Å². The summed E-state index contributed by atoms with van der Waals surface area (Å²) in [5.74, 6) is 0.152. The second-order valence-electron chi connectivity index (χ2n) is 11.9. The monoisotopic (exact) mass is 582 g/mol. The number of ether oxygens (including phenoxy) is 2. The molecule has 2 aromatic carbocycles. The Labute approximate surface area is 243 Å². The van der Waals surface area contributed by atoms with E-state index < -0.39 is 12.0 Å². The highest BCUT2D eigenvalue weighted by Crippen LogP contribution is 2.40. The number of aromatic nitrogens is 1. The van der Waals surface area contributed by atoms with E-state index in [4.69, 9.17) is 21.1 Å². The number of allylic oxidation sites excluding steroid dienone is 1. The number of hydrogen-bond acceptors (Lipinski definition) is 7. The van der Waals surface area contributed by atoms with Gasteiger partial charge in [0, 0.05) is 21.7 Å². The molecule has 9 heteroatoms. The van der Waals surface area contributed by atoms with Gasteiger partial charge < -0.3 is 14.6 Å². The summed E-state index contributed by atoms with van der Waals surface area (Å²) in [7, 11) is 2.82. The van der Waals surface area contributed by atoms with E-state index in [2.05, 4.69) is 4.99 Å². The van der Waals surface area contributed by atoms with Crippen LogP contribution in [0.1, 0.15) is 76.8 Å². The molecule has 0 saturated carbocycles. The predicted octanol–water partition coefficient (Wildman–Crippen LogP) is 5.37. The Bertz CT molecular complexity index is 1680. The summed E-state index contributed by atoms with van der Waals surface area (Å²) in [6.45, 7) is 14.0. The number of aromatic hydroxyl groups is 1. The molecule has 7 nitrogen and oxygen atoms in total. The number of halogens is 1. The lowest BCUT2D eigenvalue weighted by atomic mass is 9.78. The van der Waals surface area contributed by atoms with Gasteiger partial charge in [-0.3, -0.25) is 9.36 Å². The summed E-state index contributed by atoms with van der Waals surface area (Å²) in [6.07, 6.45) is 1.82. The Morgan fingerprint density at radius 3 is 2.20 bits per heavy atom. The van der Waals surface area contributed by atoms with Gasteiger partial charge in [0.2, 0.25) is 0 Å². The number of benzene rings is 2. The molecule has 4 rings (SSSR count). The Kier molecular flexibility index (Phi) is 7.82. The molecule has 1 aromatic heterocycles. The predicted molar refractivity (Wildman–Crippen MR) is 159 cm³/mol. The molecule has 0 aliphatic carbocycles. The largest absolute Gasteiger partial charge is 0.507 e. The lowest BCUT2D eigenvalue weighted by molar-refractivity contribution is -0.136. The smallest absolute Gasteiger partial charge is 0.338 e. The normalized spacial score (nSPS) is 16.1. The van der Waals surface area contributed by atoms with Gasteiger partial charge in [-0.2, -0.15) is 0 Å². The first kappa shape index (κ1) is 29.6. The fraction of sp³-hybridized carbons (Fsp3) is 0.387. The average Bonchev–Trinajstić information content (AvgIpc) is 3.16. The van der Waals surface area contributed by atoms with Crippen LogP contribution in [0.5, 0.6) is 11.5 Å². The molecule has 0 spiro atoms. The third kappa shape index (κ3) is 5.34. The minimum Gasteiger partial charge on any atom is -0.507 e. The molecule has 2 heterocycles. The summed E-state index contributed by atoms with van der Waals surface area (Å²) in [5.41, 5.74) is 2.65. The standard InChI is InChI=1S/C31H35ClN2O5S/c1-16-24(28(37)39-9)25(19-15-18(32)10-11-22(19)38-8)34-27(36)23(40-29(34)33-16)14-17-12-20(30(2,3)4)26(35)21(13-17)31(5,6)7/h10-15,25,35H,1-9H3/b23-14-/t25-/m0/s1. The molecule has 1 aliphatic heterocycles. The summed E-state index contributed by atoms with van der Waals surface area (Å²) in [5, 5.41) is 11.6. The molecule has 0 saturated heterocycles. The number of rotatable bonds is 4. The molecule has 0 fully saturated rings. The summed E-state index contributed by atoms with van der Waals surface area (Å²) < 4.78 is 12.6. The van der Waals surface area contributed by atoms with Gasteiger partial charge in [-0.25, -0.2) is 9.79 Å². The zero-order chi connectivity index (χ0) is 29.7. The summed E-state index contributed by atoms with van der Waals surface area (Å²) in [6, 6.07) is 8.07. The number of methoxy groups -OCH3 is 2. The number of carbonyl (C=O) groups is 1. The quantitative estimate of drug-likeness (QED) is 0.418. The number of esters is 1.